The van der Waals surface area contributed by atoms with Gasteiger partial charge in [0.15, 0.2) is 5.88 Å². The van der Waals surface area contributed by atoms with Crippen molar-refractivity contribution in [2.75, 3.05) is 26.8 Å². The minimum atomic E-state index is 0.212. The maximum Gasteiger partial charge on any atom is 0.181 e. The highest BCUT2D eigenvalue weighted by Crippen LogP contribution is 2.00. The third-order valence-corrected chi connectivity index (χ3v) is 1.39. The maximum absolute atomic E-state index is 8.53. The Morgan fingerprint density at radius 3 is 2.73 bits per heavy atom. The third-order valence-electron chi connectivity index (χ3n) is 1.39. The summed E-state index contributed by atoms with van der Waals surface area (Å²) >= 11 is 0. The van der Waals surface area contributed by atoms with Crippen molar-refractivity contribution < 1.29 is 9.84 Å². The average Bonchev–Trinajstić information content (AvgIpc) is 2.00. The standard InChI is InChI=1S/C8H17NO2/c1-4-11-8(2)9(3)6-5-7-10/h10H,2,4-7H2,1,3H3. The molecule has 3 nitrogen and oxygen atoms in total. The molecule has 11 heavy (non-hydrogen) atoms. The van der Waals surface area contributed by atoms with Crippen molar-refractivity contribution in [1.29, 1.82) is 0 Å². The zero-order valence-electron chi connectivity index (χ0n) is 7.34. The molecular weight excluding hydrogens is 142 g/mol. The van der Waals surface area contributed by atoms with E-state index in [1.165, 1.54) is 0 Å². The van der Waals surface area contributed by atoms with Gasteiger partial charge in [-0.3, -0.25) is 0 Å². The van der Waals surface area contributed by atoms with E-state index in [2.05, 4.69) is 6.58 Å². The average molecular weight is 159 g/mol. The molecule has 66 valence electrons. The van der Waals surface area contributed by atoms with Crippen LogP contribution in [0.3, 0.4) is 0 Å². The molecule has 0 heterocycles. The lowest BCUT2D eigenvalue weighted by Crippen LogP contribution is -2.20. The molecule has 0 aromatic carbocycles. The van der Waals surface area contributed by atoms with Crippen molar-refractivity contribution in [3.05, 3.63) is 12.5 Å². The lowest BCUT2D eigenvalue weighted by Gasteiger charge is -2.20. The number of aliphatic hydroxyl groups excluding tert-OH is 1. The Hall–Kier alpha value is -0.700. The summed E-state index contributed by atoms with van der Waals surface area (Å²) in [7, 11) is 1.90. The predicted molar refractivity (Wildman–Crippen MR) is 45.1 cm³/mol. The molecule has 0 rings (SSSR count). The van der Waals surface area contributed by atoms with Gasteiger partial charge in [0.25, 0.3) is 0 Å². The molecule has 0 aromatic rings. The normalized spacial score (nSPS) is 9.36. The van der Waals surface area contributed by atoms with Crippen molar-refractivity contribution in [3.8, 4) is 0 Å². The highest BCUT2D eigenvalue weighted by atomic mass is 16.5. The first kappa shape index (κ1) is 10.3. The molecule has 0 saturated heterocycles. The molecule has 0 spiro atoms. The topological polar surface area (TPSA) is 32.7 Å². The van der Waals surface area contributed by atoms with E-state index >= 15 is 0 Å². The summed E-state index contributed by atoms with van der Waals surface area (Å²) in [5, 5.41) is 8.53. The van der Waals surface area contributed by atoms with Gasteiger partial charge in [-0.1, -0.05) is 0 Å². The fraction of sp³-hybridized carbons (Fsp3) is 0.750. The number of hydrogen-bond acceptors (Lipinski definition) is 3. The van der Waals surface area contributed by atoms with Crippen LogP contribution in [-0.2, 0) is 4.74 Å². The molecule has 0 radical (unpaired) electrons. The van der Waals surface area contributed by atoms with Crippen LogP contribution in [0.1, 0.15) is 13.3 Å². The fourth-order valence-electron chi connectivity index (χ4n) is 0.709. The molecule has 0 aliphatic heterocycles. The molecule has 0 unspecified atom stereocenters. The lowest BCUT2D eigenvalue weighted by atomic mass is 10.4. The van der Waals surface area contributed by atoms with E-state index in [1.54, 1.807) is 0 Å². The highest BCUT2D eigenvalue weighted by molar-refractivity contribution is 4.80. The quantitative estimate of drug-likeness (QED) is 0.582. The zero-order chi connectivity index (χ0) is 8.69. The van der Waals surface area contributed by atoms with Crippen LogP contribution in [0, 0.1) is 0 Å². The number of ether oxygens (including phenoxy) is 1. The molecule has 0 atom stereocenters. The van der Waals surface area contributed by atoms with Crippen molar-refractivity contribution >= 4 is 0 Å². The third kappa shape index (κ3) is 4.67. The second-order valence-corrected chi connectivity index (χ2v) is 2.33. The second kappa shape index (κ2) is 6.04. The molecule has 3 heteroatoms. The molecule has 0 bridgehead atoms. The molecule has 0 saturated carbocycles. The van der Waals surface area contributed by atoms with E-state index < -0.39 is 0 Å². The van der Waals surface area contributed by atoms with E-state index in [1.807, 2.05) is 18.9 Å². The summed E-state index contributed by atoms with van der Waals surface area (Å²) in [6.45, 7) is 7.28. The van der Waals surface area contributed by atoms with Gasteiger partial charge in [0.1, 0.15) is 0 Å². The summed E-state index contributed by atoms with van der Waals surface area (Å²) in [6.07, 6.45) is 0.753. The summed E-state index contributed by atoms with van der Waals surface area (Å²) in [4.78, 5) is 1.89. The smallest absolute Gasteiger partial charge is 0.181 e. The van der Waals surface area contributed by atoms with Gasteiger partial charge in [0.2, 0.25) is 0 Å². The van der Waals surface area contributed by atoms with Crippen LogP contribution in [-0.4, -0.2) is 36.8 Å². The van der Waals surface area contributed by atoms with Crippen molar-refractivity contribution in [2.24, 2.45) is 0 Å². The van der Waals surface area contributed by atoms with E-state index in [0.29, 0.717) is 12.5 Å². The number of hydrogen-bond donors (Lipinski definition) is 1. The van der Waals surface area contributed by atoms with Crippen LogP contribution in [0.2, 0.25) is 0 Å². The summed E-state index contributed by atoms with van der Waals surface area (Å²) in [6, 6.07) is 0. The van der Waals surface area contributed by atoms with Crippen LogP contribution in [0.15, 0.2) is 12.5 Å². The number of rotatable bonds is 6. The second-order valence-electron chi connectivity index (χ2n) is 2.33. The monoisotopic (exact) mass is 159 g/mol. The molecule has 0 fully saturated rings. The van der Waals surface area contributed by atoms with Gasteiger partial charge >= 0.3 is 0 Å². The predicted octanol–water partition coefficient (Wildman–Crippen LogP) is 0.808. The Morgan fingerprint density at radius 1 is 1.64 bits per heavy atom. The van der Waals surface area contributed by atoms with Gasteiger partial charge in [0, 0.05) is 20.2 Å². The summed E-state index contributed by atoms with van der Waals surface area (Å²) in [5.74, 6) is 0.668. The first-order valence-corrected chi connectivity index (χ1v) is 3.86. The Bertz CT molecular complexity index is 115. The maximum atomic E-state index is 8.53. The Balaban J connectivity index is 3.46. The lowest BCUT2D eigenvalue weighted by molar-refractivity contribution is 0.133. The van der Waals surface area contributed by atoms with Crippen LogP contribution < -0.4 is 0 Å². The minimum Gasteiger partial charge on any atom is -0.480 e. The molecule has 0 aliphatic carbocycles. The van der Waals surface area contributed by atoms with Gasteiger partial charge in [-0.25, -0.2) is 0 Å². The summed E-state index contributed by atoms with van der Waals surface area (Å²) in [5.41, 5.74) is 0. The Morgan fingerprint density at radius 2 is 2.27 bits per heavy atom. The van der Waals surface area contributed by atoms with Crippen LogP contribution >= 0.6 is 0 Å². The SMILES string of the molecule is C=C(OCC)N(C)CCCO. The summed E-state index contributed by atoms with van der Waals surface area (Å²) < 4.78 is 5.15. The molecule has 0 aliphatic rings. The van der Waals surface area contributed by atoms with Gasteiger partial charge < -0.3 is 14.7 Å². The van der Waals surface area contributed by atoms with E-state index in [9.17, 15) is 0 Å². The van der Waals surface area contributed by atoms with E-state index in [4.69, 9.17) is 9.84 Å². The zero-order valence-corrected chi connectivity index (χ0v) is 7.34. The minimum absolute atomic E-state index is 0.212. The molecule has 0 aromatic heterocycles. The fourth-order valence-corrected chi connectivity index (χ4v) is 0.709. The van der Waals surface area contributed by atoms with Gasteiger partial charge in [-0.05, 0) is 19.9 Å². The van der Waals surface area contributed by atoms with Crippen LogP contribution in [0.5, 0.6) is 0 Å². The molecular formula is C8H17NO2. The molecule has 1 N–H and O–H groups in total. The van der Waals surface area contributed by atoms with Gasteiger partial charge in [-0.15, -0.1) is 0 Å². The van der Waals surface area contributed by atoms with Gasteiger partial charge in [0.05, 0.1) is 6.61 Å². The van der Waals surface area contributed by atoms with Crippen molar-refractivity contribution in [3.63, 3.8) is 0 Å². The highest BCUT2D eigenvalue weighted by Gasteiger charge is 1.99. The Kier molecular flexibility index (Phi) is 5.65. The van der Waals surface area contributed by atoms with Gasteiger partial charge in [-0.2, -0.15) is 0 Å². The largest absolute Gasteiger partial charge is 0.480 e. The van der Waals surface area contributed by atoms with Crippen molar-refractivity contribution in [1.82, 2.24) is 4.90 Å². The van der Waals surface area contributed by atoms with Crippen molar-refractivity contribution in [2.45, 2.75) is 13.3 Å². The van der Waals surface area contributed by atoms with E-state index in [0.717, 1.165) is 13.0 Å². The first-order chi connectivity index (χ1) is 5.22. The van der Waals surface area contributed by atoms with Crippen LogP contribution in [0.4, 0.5) is 0 Å². The number of nitrogens with zero attached hydrogens (tertiary/aromatic N) is 1. The number of aliphatic hydroxyl groups is 1. The van der Waals surface area contributed by atoms with E-state index in [-0.39, 0.29) is 6.61 Å². The first-order valence-electron chi connectivity index (χ1n) is 3.86. The molecule has 0 amide bonds. The van der Waals surface area contributed by atoms with Crippen LogP contribution in [0.25, 0.3) is 0 Å². The Labute approximate surface area is 68.3 Å².